The first-order valence-corrected chi connectivity index (χ1v) is 6.26. The summed E-state index contributed by atoms with van der Waals surface area (Å²) in [5.41, 5.74) is 0. The Morgan fingerprint density at radius 1 is 1.17 bits per heavy atom. The van der Waals surface area contributed by atoms with E-state index in [9.17, 15) is 9.59 Å². The van der Waals surface area contributed by atoms with Gasteiger partial charge < -0.3 is 9.47 Å². The standard InChI is InChI=1S/C13H17NO4/c1-17-9(18-2)6-14-12(15)10-7-3-4-8(5-7)11(10)13(14)16/h3-4,7-11H,5-6H2,1-2H3/t7-,8-,10-,11-/m0/s1. The molecule has 2 fully saturated rings. The lowest BCUT2D eigenvalue weighted by atomic mass is 9.85. The highest BCUT2D eigenvalue weighted by Gasteiger charge is 2.59. The molecule has 4 atom stereocenters. The predicted molar refractivity (Wildman–Crippen MR) is 62.2 cm³/mol. The molecule has 18 heavy (non-hydrogen) atoms. The Bertz CT molecular complexity index is 385. The maximum Gasteiger partial charge on any atom is 0.233 e. The molecule has 1 heterocycles. The number of ether oxygens (including phenoxy) is 2. The van der Waals surface area contributed by atoms with Gasteiger partial charge in [-0.2, -0.15) is 0 Å². The second-order valence-corrected chi connectivity index (χ2v) is 5.19. The number of carbonyl (C=O) groups is 2. The van der Waals surface area contributed by atoms with Crippen LogP contribution in [0.15, 0.2) is 12.2 Å². The zero-order chi connectivity index (χ0) is 12.9. The topological polar surface area (TPSA) is 55.8 Å². The van der Waals surface area contributed by atoms with Gasteiger partial charge in [-0.15, -0.1) is 0 Å². The number of imide groups is 1. The number of fused-ring (bicyclic) bond motifs is 5. The number of hydrogen-bond acceptors (Lipinski definition) is 4. The van der Waals surface area contributed by atoms with Crippen LogP contribution < -0.4 is 0 Å². The second kappa shape index (κ2) is 4.17. The van der Waals surface area contributed by atoms with Crippen LogP contribution in [0, 0.1) is 23.7 Å². The summed E-state index contributed by atoms with van der Waals surface area (Å²) >= 11 is 0. The van der Waals surface area contributed by atoms with Gasteiger partial charge in [0.1, 0.15) is 0 Å². The molecule has 2 aliphatic carbocycles. The molecular weight excluding hydrogens is 234 g/mol. The van der Waals surface area contributed by atoms with Gasteiger partial charge >= 0.3 is 0 Å². The van der Waals surface area contributed by atoms with Crippen molar-refractivity contribution in [2.24, 2.45) is 23.7 Å². The Kier molecular flexibility index (Phi) is 2.75. The summed E-state index contributed by atoms with van der Waals surface area (Å²) in [6.07, 6.45) is 4.59. The summed E-state index contributed by atoms with van der Waals surface area (Å²) in [6.45, 7) is 0.192. The highest BCUT2D eigenvalue weighted by Crippen LogP contribution is 2.52. The van der Waals surface area contributed by atoms with E-state index in [0.29, 0.717) is 0 Å². The summed E-state index contributed by atoms with van der Waals surface area (Å²) in [7, 11) is 3.01. The molecule has 2 bridgehead atoms. The third-order valence-electron chi connectivity index (χ3n) is 4.42. The van der Waals surface area contributed by atoms with E-state index in [-0.39, 0.29) is 42.0 Å². The Morgan fingerprint density at radius 3 is 2.11 bits per heavy atom. The normalized spacial score (nSPS) is 37.2. The lowest BCUT2D eigenvalue weighted by Gasteiger charge is -2.21. The molecule has 0 aromatic heterocycles. The van der Waals surface area contributed by atoms with Crippen LogP contribution in [0.2, 0.25) is 0 Å². The molecular formula is C13H17NO4. The molecule has 5 nitrogen and oxygen atoms in total. The van der Waals surface area contributed by atoms with Gasteiger partial charge in [0.05, 0.1) is 18.4 Å². The maximum atomic E-state index is 12.3. The van der Waals surface area contributed by atoms with E-state index in [2.05, 4.69) is 12.2 Å². The lowest BCUT2D eigenvalue weighted by molar-refractivity contribution is -0.153. The van der Waals surface area contributed by atoms with Crippen LogP contribution in [0.25, 0.3) is 0 Å². The van der Waals surface area contributed by atoms with Crippen molar-refractivity contribution in [1.29, 1.82) is 0 Å². The molecule has 2 amide bonds. The highest BCUT2D eigenvalue weighted by atomic mass is 16.7. The van der Waals surface area contributed by atoms with E-state index >= 15 is 0 Å². The smallest absolute Gasteiger partial charge is 0.233 e. The van der Waals surface area contributed by atoms with Gasteiger partial charge in [0.15, 0.2) is 6.29 Å². The molecule has 0 N–H and O–H groups in total. The fourth-order valence-electron chi connectivity index (χ4n) is 3.54. The molecule has 0 radical (unpaired) electrons. The summed E-state index contributed by atoms with van der Waals surface area (Å²) in [5, 5.41) is 0. The molecule has 3 rings (SSSR count). The van der Waals surface area contributed by atoms with Crippen molar-refractivity contribution >= 4 is 11.8 Å². The van der Waals surface area contributed by atoms with Gasteiger partial charge in [-0.3, -0.25) is 14.5 Å². The Labute approximate surface area is 106 Å². The van der Waals surface area contributed by atoms with E-state index in [1.165, 1.54) is 19.1 Å². The van der Waals surface area contributed by atoms with E-state index in [1.54, 1.807) is 0 Å². The van der Waals surface area contributed by atoms with Gasteiger partial charge in [0, 0.05) is 14.2 Å². The lowest BCUT2D eigenvalue weighted by Crippen LogP contribution is -2.40. The third kappa shape index (κ3) is 1.47. The molecule has 1 aliphatic heterocycles. The van der Waals surface area contributed by atoms with Crippen molar-refractivity contribution in [1.82, 2.24) is 4.90 Å². The zero-order valence-corrected chi connectivity index (χ0v) is 10.5. The van der Waals surface area contributed by atoms with E-state index in [0.717, 1.165) is 6.42 Å². The Morgan fingerprint density at radius 2 is 1.67 bits per heavy atom. The predicted octanol–water partition coefficient (Wildman–Crippen LogP) is 0.412. The van der Waals surface area contributed by atoms with Crippen LogP contribution in [0.5, 0.6) is 0 Å². The molecule has 5 heteroatoms. The van der Waals surface area contributed by atoms with E-state index in [1.807, 2.05) is 0 Å². The highest BCUT2D eigenvalue weighted by molar-refractivity contribution is 6.06. The van der Waals surface area contributed by atoms with Gasteiger partial charge in [0.2, 0.25) is 11.8 Å². The van der Waals surface area contributed by atoms with Crippen molar-refractivity contribution in [2.75, 3.05) is 20.8 Å². The third-order valence-corrected chi connectivity index (χ3v) is 4.42. The fourth-order valence-corrected chi connectivity index (χ4v) is 3.54. The molecule has 1 saturated heterocycles. The van der Waals surface area contributed by atoms with Crippen LogP contribution in [-0.2, 0) is 19.1 Å². The van der Waals surface area contributed by atoms with Gasteiger partial charge in [-0.25, -0.2) is 0 Å². The number of carbonyl (C=O) groups excluding carboxylic acids is 2. The number of methoxy groups -OCH3 is 2. The first kappa shape index (κ1) is 11.9. The second-order valence-electron chi connectivity index (χ2n) is 5.19. The van der Waals surface area contributed by atoms with Crippen molar-refractivity contribution in [3.05, 3.63) is 12.2 Å². The van der Waals surface area contributed by atoms with Gasteiger partial charge in [0.25, 0.3) is 0 Å². The number of nitrogens with zero attached hydrogens (tertiary/aromatic N) is 1. The average molecular weight is 251 g/mol. The first-order chi connectivity index (χ1) is 8.67. The summed E-state index contributed by atoms with van der Waals surface area (Å²) in [5.74, 6) is 0.126. The molecule has 0 aromatic carbocycles. The molecule has 1 saturated carbocycles. The van der Waals surface area contributed by atoms with Crippen LogP contribution >= 0.6 is 0 Å². The minimum absolute atomic E-state index is 0.0547. The van der Waals surface area contributed by atoms with Crippen LogP contribution in [0.1, 0.15) is 6.42 Å². The van der Waals surface area contributed by atoms with Gasteiger partial charge in [-0.05, 0) is 18.3 Å². The SMILES string of the molecule is COC(CN1C(=O)[C@@H]2[C@@H](C1=O)[C@H]1C=C[C@H]2C1)OC. The number of amides is 2. The van der Waals surface area contributed by atoms with Gasteiger partial charge in [-0.1, -0.05) is 12.2 Å². The largest absolute Gasteiger partial charge is 0.354 e. The number of likely N-dealkylation sites (tertiary alicyclic amines) is 1. The Balaban J connectivity index is 1.79. The summed E-state index contributed by atoms with van der Waals surface area (Å²) in [6, 6.07) is 0. The van der Waals surface area contributed by atoms with Crippen LogP contribution in [-0.4, -0.2) is 43.8 Å². The molecule has 3 aliphatic rings. The van der Waals surface area contributed by atoms with Crippen molar-refractivity contribution in [3.63, 3.8) is 0 Å². The molecule has 0 unspecified atom stereocenters. The monoisotopic (exact) mass is 251 g/mol. The summed E-state index contributed by atoms with van der Waals surface area (Å²) < 4.78 is 10.1. The van der Waals surface area contributed by atoms with Crippen molar-refractivity contribution < 1.29 is 19.1 Å². The first-order valence-electron chi connectivity index (χ1n) is 6.26. The summed E-state index contributed by atoms with van der Waals surface area (Å²) in [4.78, 5) is 25.9. The minimum Gasteiger partial charge on any atom is -0.354 e. The number of hydrogen-bond donors (Lipinski definition) is 0. The Hall–Kier alpha value is -1.20. The fraction of sp³-hybridized carbons (Fsp3) is 0.692. The van der Waals surface area contributed by atoms with Crippen LogP contribution in [0.4, 0.5) is 0 Å². The number of rotatable bonds is 4. The molecule has 98 valence electrons. The average Bonchev–Trinajstić information content (AvgIpc) is 3.03. The zero-order valence-electron chi connectivity index (χ0n) is 10.5. The molecule has 0 spiro atoms. The van der Waals surface area contributed by atoms with E-state index < -0.39 is 6.29 Å². The van der Waals surface area contributed by atoms with Crippen molar-refractivity contribution in [2.45, 2.75) is 12.7 Å². The molecule has 0 aromatic rings. The van der Waals surface area contributed by atoms with Crippen molar-refractivity contribution in [3.8, 4) is 0 Å². The maximum absolute atomic E-state index is 12.3. The van der Waals surface area contributed by atoms with Crippen LogP contribution in [0.3, 0.4) is 0 Å². The number of allylic oxidation sites excluding steroid dienone is 2. The quantitative estimate of drug-likeness (QED) is 0.412. The van der Waals surface area contributed by atoms with E-state index in [4.69, 9.17) is 9.47 Å². The minimum atomic E-state index is -0.540.